The van der Waals surface area contributed by atoms with Crippen molar-refractivity contribution in [2.24, 2.45) is 0 Å². The molecule has 0 saturated carbocycles. The Morgan fingerprint density at radius 2 is 2.07 bits per heavy atom. The van der Waals surface area contributed by atoms with Crippen molar-refractivity contribution in [3.63, 3.8) is 0 Å². The first kappa shape index (κ1) is 18.7. The van der Waals surface area contributed by atoms with Crippen LogP contribution >= 0.6 is 12.2 Å². The van der Waals surface area contributed by atoms with Crippen molar-refractivity contribution in [1.29, 1.82) is 0 Å². The molecule has 7 heteroatoms. The van der Waals surface area contributed by atoms with E-state index in [1.165, 1.54) is 5.69 Å². The fourth-order valence-corrected chi connectivity index (χ4v) is 4.02. The number of aromatic nitrogens is 2. The highest BCUT2D eigenvalue weighted by Crippen LogP contribution is 2.38. The number of hydrogen-bond donors (Lipinski definition) is 1. The van der Waals surface area contributed by atoms with E-state index in [0.717, 1.165) is 29.7 Å². The molecule has 3 aromatic heterocycles. The van der Waals surface area contributed by atoms with Gasteiger partial charge in [-0.15, -0.1) is 0 Å². The van der Waals surface area contributed by atoms with Crippen molar-refractivity contribution in [3.05, 3.63) is 78.3 Å². The number of rotatable bonds is 7. The van der Waals surface area contributed by atoms with Gasteiger partial charge in [0.15, 0.2) is 5.11 Å². The summed E-state index contributed by atoms with van der Waals surface area (Å²) in [4.78, 5) is 9.06. The van der Waals surface area contributed by atoms with Crippen molar-refractivity contribution in [2.45, 2.75) is 18.6 Å². The van der Waals surface area contributed by atoms with Gasteiger partial charge >= 0.3 is 0 Å². The Kier molecular flexibility index (Phi) is 5.45. The molecule has 1 fully saturated rings. The fourth-order valence-electron chi connectivity index (χ4n) is 3.69. The molecule has 146 valence electrons. The van der Waals surface area contributed by atoms with Gasteiger partial charge < -0.3 is 24.1 Å². The summed E-state index contributed by atoms with van der Waals surface area (Å²) in [5, 5.41) is 4.28. The smallest absolute Gasteiger partial charge is 0.170 e. The molecule has 3 aromatic rings. The highest BCUT2D eigenvalue weighted by Gasteiger charge is 2.40. The van der Waals surface area contributed by atoms with E-state index >= 15 is 0 Å². The molecule has 0 amide bonds. The second kappa shape index (κ2) is 8.16. The summed E-state index contributed by atoms with van der Waals surface area (Å²) in [5.41, 5.74) is 2.19. The summed E-state index contributed by atoms with van der Waals surface area (Å²) >= 11 is 5.72. The Morgan fingerprint density at radius 1 is 1.18 bits per heavy atom. The third kappa shape index (κ3) is 3.81. The van der Waals surface area contributed by atoms with Crippen LogP contribution in [0.2, 0.25) is 0 Å². The standard InChI is InChI=1S/C21H25N5OS/c1-24(2)12-13-26-20(19(23-21(26)28)17-8-3-4-10-22-17)18-9-5-11-25(18)15-16-7-6-14-27-16/h3-11,14,19-20H,12-13,15H2,1-2H3,(H,23,28)/t19-,20+/m0/s1. The van der Waals surface area contributed by atoms with Crippen LogP contribution in [0.15, 0.2) is 65.5 Å². The maximum absolute atomic E-state index is 5.72. The van der Waals surface area contributed by atoms with Gasteiger partial charge in [-0.25, -0.2) is 0 Å². The second-order valence-corrected chi connectivity index (χ2v) is 7.65. The summed E-state index contributed by atoms with van der Waals surface area (Å²) in [5.74, 6) is 0.931. The monoisotopic (exact) mass is 395 g/mol. The van der Waals surface area contributed by atoms with Gasteiger partial charge in [0.2, 0.25) is 0 Å². The van der Waals surface area contributed by atoms with E-state index in [-0.39, 0.29) is 12.1 Å². The lowest BCUT2D eigenvalue weighted by molar-refractivity contribution is 0.269. The normalized spacial score (nSPS) is 19.4. The van der Waals surface area contributed by atoms with Crippen molar-refractivity contribution in [2.75, 3.05) is 27.2 Å². The molecule has 2 atom stereocenters. The van der Waals surface area contributed by atoms with Gasteiger partial charge in [0.25, 0.3) is 0 Å². The summed E-state index contributed by atoms with van der Waals surface area (Å²) in [7, 11) is 4.16. The summed E-state index contributed by atoms with van der Waals surface area (Å²) < 4.78 is 7.80. The average molecular weight is 396 g/mol. The molecule has 0 aromatic carbocycles. The largest absolute Gasteiger partial charge is 0.467 e. The van der Waals surface area contributed by atoms with Gasteiger partial charge in [0.05, 0.1) is 30.6 Å². The zero-order valence-corrected chi connectivity index (χ0v) is 17.0. The fraction of sp³-hybridized carbons (Fsp3) is 0.333. The van der Waals surface area contributed by atoms with Crippen LogP contribution in [-0.2, 0) is 6.54 Å². The Labute approximate surface area is 170 Å². The van der Waals surface area contributed by atoms with Crippen LogP contribution in [-0.4, -0.2) is 51.6 Å². The molecular formula is C21H25N5OS. The van der Waals surface area contributed by atoms with Crippen molar-refractivity contribution in [1.82, 2.24) is 24.7 Å². The molecule has 28 heavy (non-hydrogen) atoms. The van der Waals surface area contributed by atoms with E-state index in [0.29, 0.717) is 6.54 Å². The zero-order chi connectivity index (χ0) is 19.5. The van der Waals surface area contributed by atoms with Gasteiger partial charge in [-0.3, -0.25) is 4.98 Å². The van der Waals surface area contributed by atoms with Crippen LogP contribution in [0.25, 0.3) is 0 Å². The predicted molar refractivity (Wildman–Crippen MR) is 113 cm³/mol. The first-order chi connectivity index (χ1) is 13.6. The van der Waals surface area contributed by atoms with E-state index in [9.17, 15) is 0 Å². The topological polar surface area (TPSA) is 49.5 Å². The SMILES string of the molecule is CN(C)CCN1C(=S)N[C@@H](c2ccccn2)[C@H]1c1cccn1Cc1ccco1. The highest BCUT2D eigenvalue weighted by atomic mass is 32.1. The third-order valence-corrected chi connectivity index (χ3v) is 5.41. The van der Waals surface area contributed by atoms with E-state index in [2.05, 4.69) is 63.2 Å². The van der Waals surface area contributed by atoms with Crippen molar-refractivity contribution in [3.8, 4) is 0 Å². The maximum atomic E-state index is 5.72. The minimum Gasteiger partial charge on any atom is -0.467 e. The molecule has 0 radical (unpaired) electrons. The molecule has 0 spiro atoms. The van der Waals surface area contributed by atoms with Crippen molar-refractivity contribution < 1.29 is 4.42 Å². The quantitative estimate of drug-likeness (QED) is 0.621. The third-order valence-electron chi connectivity index (χ3n) is 5.06. The minimum atomic E-state index is 0.00103. The van der Waals surface area contributed by atoms with E-state index < -0.39 is 0 Å². The Bertz CT molecular complexity index is 906. The molecule has 1 aliphatic rings. The number of thiocarbonyl (C=S) groups is 1. The number of likely N-dealkylation sites (N-methyl/N-ethyl adjacent to an activating group) is 1. The van der Waals surface area contributed by atoms with Crippen LogP contribution in [0.4, 0.5) is 0 Å². The molecule has 4 heterocycles. The first-order valence-electron chi connectivity index (χ1n) is 9.43. The van der Waals surface area contributed by atoms with Crippen LogP contribution in [0, 0.1) is 0 Å². The van der Waals surface area contributed by atoms with E-state index in [1.807, 2.05) is 30.5 Å². The Morgan fingerprint density at radius 3 is 2.79 bits per heavy atom. The van der Waals surface area contributed by atoms with E-state index in [1.54, 1.807) is 6.26 Å². The molecule has 1 saturated heterocycles. The zero-order valence-electron chi connectivity index (χ0n) is 16.2. The van der Waals surface area contributed by atoms with Crippen LogP contribution in [0.5, 0.6) is 0 Å². The molecule has 0 bridgehead atoms. The van der Waals surface area contributed by atoms with Crippen LogP contribution in [0.3, 0.4) is 0 Å². The van der Waals surface area contributed by atoms with Gasteiger partial charge in [0.1, 0.15) is 5.76 Å². The maximum Gasteiger partial charge on any atom is 0.170 e. The average Bonchev–Trinajstić information content (AvgIpc) is 3.42. The number of pyridine rings is 1. The molecule has 1 N–H and O–H groups in total. The number of furan rings is 1. The predicted octanol–water partition coefficient (Wildman–Crippen LogP) is 3.06. The van der Waals surface area contributed by atoms with Gasteiger partial charge in [-0.05, 0) is 62.7 Å². The Hall–Kier alpha value is -2.64. The summed E-state index contributed by atoms with van der Waals surface area (Å²) in [6.45, 7) is 2.46. The number of nitrogens with zero attached hydrogens (tertiary/aromatic N) is 4. The van der Waals surface area contributed by atoms with Gasteiger partial charge in [0, 0.05) is 31.2 Å². The number of hydrogen-bond acceptors (Lipinski definition) is 4. The molecule has 4 rings (SSSR count). The lowest BCUT2D eigenvalue weighted by Crippen LogP contribution is -2.36. The molecule has 0 unspecified atom stereocenters. The van der Waals surface area contributed by atoms with Crippen molar-refractivity contribution >= 4 is 17.3 Å². The molecular weight excluding hydrogens is 370 g/mol. The van der Waals surface area contributed by atoms with Gasteiger partial charge in [-0.1, -0.05) is 6.07 Å². The van der Waals surface area contributed by atoms with Crippen LogP contribution < -0.4 is 5.32 Å². The highest BCUT2D eigenvalue weighted by molar-refractivity contribution is 7.80. The lowest BCUT2D eigenvalue weighted by Gasteiger charge is -2.29. The lowest BCUT2D eigenvalue weighted by atomic mass is 10.0. The summed E-state index contributed by atoms with van der Waals surface area (Å²) in [6.07, 6.45) is 5.64. The molecule has 0 aliphatic carbocycles. The first-order valence-corrected chi connectivity index (χ1v) is 9.84. The minimum absolute atomic E-state index is 0.00103. The molecule has 1 aliphatic heterocycles. The molecule has 6 nitrogen and oxygen atoms in total. The van der Waals surface area contributed by atoms with E-state index in [4.69, 9.17) is 16.6 Å². The van der Waals surface area contributed by atoms with Crippen LogP contribution in [0.1, 0.15) is 29.2 Å². The number of nitrogens with one attached hydrogen (secondary N) is 1. The van der Waals surface area contributed by atoms with Gasteiger partial charge in [-0.2, -0.15) is 0 Å². The second-order valence-electron chi connectivity index (χ2n) is 7.26. The summed E-state index contributed by atoms with van der Waals surface area (Å²) in [6, 6.07) is 14.3. The Balaban J connectivity index is 1.70.